The third-order valence-corrected chi connectivity index (χ3v) is 3.33. The Hall–Kier alpha value is -2.29. The fourth-order valence-corrected chi connectivity index (χ4v) is 2.53. The van der Waals surface area contributed by atoms with Gasteiger partial charge in [-0.2, -0.15) is 0 Å². The fourth-order valence-electron chi connectivity index (χ4n) is 2.53. The number of nitrogens with zero attached hydrogens (tertiary/aromatic N) is 3. The van der Waals surface area contributed by atoms with E-state index in [1.54, 1.807) is 0 Å². The maximum atomic E-state index is 4.28. The van der Waals surface area contributed by atoms with E-state index in [0.717, 1.165) is 5.69 Å². The molecule has 1 unspecified atom stereocenters. The lowest BCUT2D eigenvalue weighted by Crippen LogP contribution is -2.08. The minimum atomic E-state index is 0.261. The lowest BCUT2D eigenvalue weighted by molar-refractivity contribution is 0.707. The molecule has 1 aliphatic carbocycles. The number of hydrogen-bond donors (Lipinski definition) is 0. The average Bonchev–Trinajstić information content (AvgIpc) is 2.96. The lowest BCUT2D eigenvalue weighted by atomic mass is 10.0. The van der Waals surface area contributed by atoms with Gasteiger partial charge in [0, 0.05) is 12.4 Å². The van der Waals surface area contributed by atoms with E-state index in [4.69, 9.17) is 0 Å². The van der Waals surface area contributed by atoms with Crippen LogP contribution in [0.15, 0.2) is 60.7 Å². The van der Waals surface area contributed by atoms with Gasteiger partial charge in [0.1, 0.15) is 0 Å². The van der Waals surface area contributed by atoms with Crippen molar-refractivity contribution in [2.45, 2.75) is 6.04 Å². The summed E-state index contributed by atoms with van der Waals surface area (Å²) in [5.41, 5.74) is 3.62. The average molecular weight is 221 g/mol. The zero-order chi connectivity index (χ0) is 11.2. The largest absolute Gasteiger partial charge is 0.322 e. The minimum Gasteiger partial charge on any atom is -0.322 e. The number of aromatic nitrogens is 3. The topological polar surface area (TPSA) is 22.8 Å². The Labute approximate surface area is 99.0 Å². The molecular formula is C14H11N3. The van der Waals surface area contributed by atoms with Gasteiger partial charge in [0.05, 0.1) is 30.0 Å². The molecule has 3 nitrogen and oxygen atoms in total. The van der Waals surface area contributed by atoms with Crippen LogP contribution in [0.2, 0.25) is 0 Å². The fraction of sp³-hybridized carbons (Fsp3) is 0.0714. The number of hydrogen-bond acceptors (Lipinski definition) is 1. The van der Waals surface area contributed by atoms with Crippen LogP contribution < -0.4 is 0 Å². The zero-order valence-corrected chi connectivity index (χ0v) is 9.19. The Morgan fingerprint density at radius 3 is 3.18 bits per heavy atom. The molecular weight excluding hydrogens is 210 g/mol. The highest BCUT2D eigenvalue weighted by Gasteiger charge is 2.21. The Bertz CT molecular complexity index is 667. The molecule has 0 amide bonds. The van der Waals surface area contributed by atoms with Gasteiger partial charge < -0.3 is 9.13 Å². The van der Waals surface area contributed by atoms with Gasteiger partial charge >= 0.3 is 0 Å². The van der Waals surface area contributed by atoms with E-state index in [1.807, 2.05) is 12.5 Å². The Morgan fingerprint density at radius 1 is 1.18 bits per heavy atom. The first-order valence-corrected chi connectivity index (χ1v) is 5.69. The number of imidazole rings is 1. The third kappa shape index (κ3) is 1.13. The predicted octanol–water partition coefficient (Wildman–Crippen LogP) is 2.87. The molecule has 2 aromatic heterocycles. The quantitative estimate of drug-likeness (QED) is 0.670. The van der Waals surface area contributed by atoms with Gasteiger partial charge in [-0.1, -0.05) is 24.3 Å². The molecule has 4 rings (SSSR count). The normalized spacial score (nSPS) is 20.2. The van der Waals surface area contributed by atoms with Gasteiger partial charge in [-0.15, -0.1) is 0 Å². The van der Waals surface area contributed by atoms with Gasteiger partial charge in [-0.3, -0.25) is 0 Å². The molecule has 0 saturated heterocycles. The van der Waals surface area contributed by atoms with E-state index < -0.39 is 0 Å². The monoisotopic (exact) mass is 221 g/mol. The molecule has 0 radical (unpaired) electrons. The summed E-state index contributed by atoms with van der Waals surface area (Å²) in [6.07, 6.45) is 16.6. The first-order chi connectivity index (χ1) is 8.43. The van der Waals surface area contributed by atoms with Crippen LogP contribution >= 0.6 is 0 Å². The first kappa shape index (κ1) is 8.82. The van der Waals surface area contributed by atoms with Crippen LogP contribution in [0.1, 0.15) is 6.04 Å². The first-order valence-electron chi connectivity index (χ1n) is 5.69. The molecule has 82 valence electrons. The van der Waals surface area contributed by atoms with E-state index in [0.29, 0.717) is 0 Å². The Kier molecular flexibility index (Phi) is 1.61. The van der Waals surface area contributed by atoms with Crippen LogP contribution in [0.3, 0.4) is 0 Å². The van der Waals surface area contributed by atoms with Gasteiger partial charge in [0.2, 0.25) is 0 Å². The zero-order valence-electron chi connectivity index (χ0n) is 9.19. The van der Waals surface area contributed by atoms with Gasteiger partial charge in [-0.05, 0) is 17.7 Å². The van der Waals surface area contributed by atoms with Crippen molar-refractivity contribution >= 4 is 6.20 Å². The minimum absolute atomic E-state index is 0.261. The van der Waals surface area contributed by atoms with E-state index in [1.165, 1.54) is 11.3 Å². The Balaban J connectivity index is 2.07. The molecule has 3 heteroatoms. The van der Waals surface area contributed by atoms with Crippen LogP contribution in [0.5, 0.6) is 0 Å². The van der Waals surface area contributed by atoms with Crippen molar-refractivity contribution in [3.05, 3.63) is 60.7 Å². The maximum absolute atomic E-state index is 4.28. The van der Waals surface area contributed by atoms with E-state index in [-0.39, 0.29) is 6.04 Å². The summed E-state index contributed by atoms with van der Waals surface area (Å²) in [6.45, 7) is 0. The summed E-state index contributed by atoms with van der Waals surface area (Å²) in [4.78, 5) is 4.28. The summed E-state index contributed by atoms with van der Waals surface area (Å²) in [5.74, 6) is 0. The highest BCUT2D eigenvalue weighted by Crippen LogP contribution is 2.34. The summed E-state index contributed by atoms with van der Waals surface area (Å²) >= 11 is 0. The summed E-state index contributed by atoms with van der Waals surface area (Å²) in [6, 6.07) is 4.44. The number of allylic oxidation sites excluding steroid dienone is 5. The molecule has 1 aliphatic heterocycles. The molecule has 0 N–H and O–H groups in total. The van der Waals surface area contributed by atoms with Crippen LogP contribution in [-0.2, 0) is 0 Å². The van der Waals surface area contributed by atoms with E-state index in [9.17, 15) is 0 Å². The molecule has 0 fully saturated rings. The van der Waals surface area contributed by atoms with E-state index in [2.05, 4.69) is 63.0 Å². The molecule has 0 spiro atoms. The molecule has 2 aliphatic rings. The van der Waals surface area contributed by atoms with Crippen molar-refractivity contribution < 1.29 is 0 Å². The molecule has 2 aromatic rings. The molecule has 3 heterocycles. The molecule has 1 atom stereocenters. The molecule has 0 aromatic carbocycles. The van der Waals surface area contributed by atoms with Crippen molar-refractivity contribution in [3.63, 3.8) is 0 Å². The van der Waals surface area contributed by atoms with Crippen molar-refractivity contribution in [2.75, 3.05) is 0 Å². The van der Waals surface area contributed by atoms with Crippen molar-refractivity contribution in [1.29, 1.82) is 0 Å². The second kappa shape index (κ2) is 3.10. The second-order valence-electron chi connectivity index (χ2n) is 4.30. The van der Waals surface area contributed by atoms with Crippen LogP contribution in [0.4, 0.5) is 0 Å². The van der Waals surface area contributed by atoms with Crippen LogP contribution in [0, 0.1) is 0 Å². The number of fused-ring (bicyclic) bond motifs is 5. The highest BCUT2D eigenvalue weighted by atomic mass is 15.1. The van der Waals surface area contributed by atoms with E-state index >= 15 is 0 Å². The van der Waals surface area contributed by atoms with Gasteiger partial charge in [-0.25, -0.2) is 4.98 Å². The SMILES string of the molecule is C1=CC2=Cn3cccc3-c3cncn3C2C=C1. The summed E-state index contributed by atoms with van der Waals surface area (Å²) < 4.78 is 4.37. The Morgan fingerprint density at radius 2 is 2.18 bits per heavy atom. The molecule has 0 bridgehead atoms. The summed E-state index contributed by atoms with van der Waals surface area (Å²) in [7, 11) is 0. The number of rotatable bonds is 0. The second-order valence-corrected chi connectivity index (χ2v) is 4.30. The van der Waals surface area contributed by atoms with Gasteiger partial charge in [0.15, 0.2) is 0 Å². The third-order valence-electron chi connectivity index (χ3n) is 3.33. The highest BCUT2D eigenvalue weighted by molar-refractivity contribution is 5.64. The molecule has 17 heavy (non-hydrogen) atoms. The summed E-state index contributed by atoms with van der Waals surface area (Å²) in [5, 5.41) is 0. The van der Waals surface area contributed by atoms with Crippen LogP contribution in [0.25, 0.3) is 17.6 Å². The standard InChI is InChI=1S/C14H11N3/c1-2-5-12-11(4-1)9-16-7-3-6-13(16)14-8-15-10-17(12)14/h1-10,12H. The van der Waals surface area contributed by atoms with Crippen molar-refractivity contribution in [2.24, 2.45) is 0 Å². The maximum Gasteiger partial charge on any atom is 0.0959 e. The lowest BCUT2D eigenvalue weighted by Gasteiger charge is -2.18. The van der Waals surface area contributed by atoms with Crippen molar-refractivity contribution in [3.8, 4) is 11.4 Å². The van der Waals surface area contributed by atoms with Crippen LogP contribution in [-0.4, -0.2) is 14.1 Å². The smallest absolute Gasteiger partial charge is 0.0959 e. The molecule has 0 saturated carbocycles. The van der Waals surface area contributed by atoms with Gasteiger partial charge in [0.25, 0.3) is 0 Å². The predicted molar refractivity (Wildman–Crippen MR) is 67.2 cm³/mol. The van der Waals surface area contributed by atoms with Crippen molar-refractivity contribution in [1.82, 2.24) is 14.1 Å².